The number of benzene rings is 1. The molecule has 16 heavy (non-hydrogen) atoms. The number of hydrogen-bond acceptors (Lipinski definition) is 2. The molecule has 0 aliphatic heterocycles. The smallest absolute Gasteiger partial charge is 0.335 e. The Labute approximate surface area is 103 Å². The van der Waals surface area contributed by atoms with Gasteiger partial charge in [0.25, 0.3) is 0 Å². The maximum atomic E-state index is 10.8. The van der Waals surface area contributed by atoms with Gasteiger partial charge in [-0.05, 0) is 59.8 Å². The van der Waals surface area contributed by atoms with Crippen LogP contribution in [0.3, 0.4) is 0 Å². The molecule has 1 aromatic carbocycles. The van der Waals surface area contributed by atoms with Crippen LogP contribution in [-0.2, 0) is 0 Å². The molecule has 1 fully saturated rings. The van der Waals surface area contributed by atoms with Gasteiger partial charge in [0.1, 0.15) is 5.75 Å². The average Bonchev–Trinajstić information content (AvgIpc) is 2.73. The number of carbonyl (C=O) groups is 1. The minimum Gasteiger partial charge on any atom is -0.489 e. The standard InChI is InChI=1S/C12H13BrO3/c13-10-6-5-8(12(14)15)7-11(10)16-9-3-1-2-4-9/h5-7,9H,1-4H2,(H,14,15). The zero-order chi connectivity index (χ0) is 11.5. The second kappa shape index (κ2) is 4.87. The van der Waals surface area contributed by atoms with Crippen LogP contribution in [0.4, 0.5) is 0 Å². The third-order valence-electron chi connectivity index (χ3n) is 2.77. The van der Waals surface area contributed by atoms with Crippen molar-refractivity contribution in [1.82, 2.24) is 0 Å². The van der Waals surface area contributed by atoms with Gasteiger partial charge in [-0.15, -0.1) is 0 Å². The summed E-state index contributed by atoms with van der Waals surface area (Å²) in [6.07, 6.45) is 4.75. The Morgan fingerprint density at radius 2 is 2.06 bits per heavy atom. The molecule has 4 heteroatoms. The van der Waals surface area contributed by atoms with E-state index < -0.39 is 5.97 Å². The van der Waals surface area contributed by atoms with E-state index in [1.54, 1.807) is 18.2 Å². The summed E-state index contributed by atoms with van der Waals surface area (Å²) in [5.74, 6) is -0.296. The van der Waals surface area contributed by atoms with Crippen LogP contribution in [0.5, 0.6) is 5.75 Å². The van der Waals surface area contributed by atoms with Crippen molar-refractivity contribution in [3.63, 3.8) is 0 Å². The molecule has 1 saturated carbocycles. The largest absolute Gasteiger partial charge is 0.489 e. The lowest BCUT2D eigenvalue weighted by Crippen LogP contribution is -2.11. The first-order valence-electron chi connectivity index (χ1n) is 5.36. The van der Waals surface area contributed by atoms with E-state index in [1.165, 1.54) is 12.8 Å². The molecule has 1 aliphatic carbocycles. The third-order valence-corrected chi connectivity index (χ3v) is 3.43. The summed E-state index contributed by atoms with van der Waals surface area (Å²) >= 11 is 3.37. The fraction of sp³-hybridized carbons (Fsp3) is 0.417. The molecule has 86 valence electrons. The van der Waals surface area contributed by atoms with Gasteiger partial charge < -0.3 is 9.84 Å². The predicted molar refractivity (Wildman–Crippen MR) is 64.0 cm³/mol. The van der Waals surface area contributed by atoms with Crippen molar-refractivity contribution < 1.29 is 14.6 Å². The summed E-state index contributed by atoms with van der Waals surface area (Å²) in [4.78, 5) is 10.8. The molecule has 0 amide bonds. The third kappa shape index (κ3) is 2.55. The molecule has 0 radical (unpaired) electrons. The van der Waals surface area contributed by atoms with Gasteiger partial charge in [0.2, 0.25) is 0 Å². The quantitative estimate of drug-likeness (QED) is 0.925. The molecule has 0 aromatic heterocycles. The Bertz CT molecular complexity index is 397. The monoisotopic (exact) mass is 284 g/mol. The van der Waals surface area contributed by atoms with E-state index in [2.05, 4.69) is 15.9 Å². The van der Waals surface area contributed by atoms with Gasteiger partial charge in [-0.2, -0.15) is 0 Å². The van der Waals surface area contributed by atoms with Crippen LogP contribution >= 0.6 is 15.9 Å². The first-order chi connectivity index (χ1) is 7.66. The molecule has 0 spiro atoms. The Balaban J connectivity index is 2.17. The zero-order valence-electron chi connectivity index (χ0n) is 8.78. The summed E-state index contributed by atoms with van der Waals surface area (Å²) in [7, 11) is 0. The number of aromatic carboxylic acids is 1. The van der Waals surface area contributed by atoms with Gasteiger partial charge in [-0.25, -0.2) is 4.79 Å². The number of carboxylic acids is 1. The zero-order valence-corrected chi connectivity index (χ0v) is 10.4. The van der Waals surface area contributed by atoms with Crippen molar-refractivity contribution in [1.29, 1.82) is 0 Å². The van der Waals surface area contributed by atoms with E-state index in [0.717, 1.165) is 17.3 Å². The van der Waals surface area contributed by atoms with E-state index in [1.807, 2.05) is 0 Å². The molecule has 0 heterocycles. The van der Waals surface area contributed by atoms with Crippen molar-refractivity contribution in [2.45, 2.75) is 31.8 Å². The predicted octanol–water partition coefficient (Wildman–Crippen LogP) is 3.47. The molecule has 0 atom stereocenters. The first-order valence-corrected chi connectivity index (χ1v) is 6.15. The van der Waals surface area contributed by atoms with E-state index in [4.69, 9.17) is 9.84 Å². The number of carboxylic acid groups (broad SMARTS) is 1. The van der Waals surface area contributed by atoms with Crippen molar-refractivity contribution in [3.8, 4) is 5.75 Å². The van der Waals surface area contributed by atoms with Crippen molar-refractivity contribution in [2.75, 3.05) is 0 Å². The van der Waals surface area contributed by atoms with Crippen LogP contribution < -0.4 is 4.74 Å². The molecule has 1 aliphatic rings. The molecule has 1 N–H and O–H groups in total. The van der Waals surface area contributed by atoms with Gasteiger partial charge in [0.05, 0.1) is 16.1 Å². The Hall–Kier alpha value is -1.03. The van der Waals surface area contributed by atoms with Gasteiger partial charge in [0, 0.05) is 0 Å². The number of halogens is 1. The highest BCUT2D eigenvalue weighted by molar-refractivity contribution is 9.10. The van der Waals surface area contributed by atoms with Gasteiger partial charge in [-0.3, -0.25) is 0 Å². The second-order valence-electron chi connectivity index (χ2n) is 3.97. The minimum absolute atomic E-state index is 0.236. The molecule has 0 unspecified atom stereocenters. The number of hydrogen-bond donors (Lipinski definition) is 1. The second-order valence-corrected chi connectivity index (χ2v) is 4.83. The lowest BCUT2D eigenvalue weighted by Gasteiger charge is -2.14. The van der Waals surface area contributed by atoms with Crippen LogP contribution in [0.15, 0.2) is 22.7 Å². The van der Waals surface area contributed by atoms with Crippen molar-refractivity contribution in [2.24, 2.45) is 0 Å². The molecule has 0 bridgehead atoms. The van der Waals surface area contributed by atoms with E-state index in [0.29, 0.717) is 5.75 Å². The van der Waals surface area contributed by atoms with Crippen LogP contribution in [-0.4, -0.2) is 17.2 Å². The van der Waals surface area contributed by atoms with Crippen LogP contribution in [0.1, 0.15) is 36.0 Å². The summed E-state index contributed by atoms with van der Waals surface area (Å²) in [5.41, 5.74) is 0.260. The molecular formula is C12H13BrO3. The highest BCUT2D eigenvalue weighted by Gasteiger charge is 2.18. The van der Waals surface area contributed by atoms with E-state index in [9.17, 15) is 4.79 Å². The van der Waals surface area contributed by atoms with Gasteiger partial charge in [-0.1, -0.05) is 0 Å². The molecule has 2 rings (SSSR count). The summed E-state index contributed by atoms with van der Waals surface area (Å²) in [5, 5.41) is 8.89. The van der Waals surface area contributed by atoms with Crippen LogP contribution in [0, 0.1) is 0 Å². The first kappa shape index (κ1) is 11.5. The van der Waals surface area contributed by atoms with E-state index >= 15 is 0 Å². The number of rotatable bonds is 3. The van der Waals surface area contributed by atoms with Crippen molar-refractivity contribution in [3.05, 3.63) is 28.2 Å². The van der Waals surface area contributed by atoms with Crippen molar-refractivity contribution >= 4 is 21.9 Å². The summed E-state index contributed by atoms with van der Waals surface area (Å²) in [6, 6.07) is 4.85. The van der Waals surface area contributed by atoms with Crippen LogP contribution in [0.2, 0.25) is 0 Å². The summed E-state index contributed by atoms with van der Waals surface area (Å²) in [6.45, 7) is 0. The highest BCUT2D eigenvalue weighted by Crippen LogP contribution is 2.30. The minimum atomic E-state index is -0.927. The van der Waals surface area contributed by atoms with Gasteiger partial charge in [0.15, 0.2) is 0 Å². The Morgan fingerprint density at radius 1 is 1.38 bits per heavy atom. The molecule has 0 saturated heterocycles. The van der Waals surface area contributed by atoms with Crippen LogP contribution in [0.25, 0.3) is 0 Å². The Kier molecular flexibility index (Phi) is 3.49. The van der Waals surface area contributed by atoms with E-state index in [-0.39, 0.29) is 11.7 Å². The van der Waals surface area contributed by atoms with Gasteiger partial charge >= 0.3 is 5.97 Å². The lowest BCUT2D eigenvalue weighted by molar-refractivity contribution is 0.0696. The molecule has 3 nitrogen and oxygen atoms in total. The highest BCUT2D eigenvalue weighted by atomic mass is 79.9. The molecule has 1 aromatic rings. The lowest BCUT2D eigenvalue weighted by atomic mass is 10.2. The maximum Gasteiger partial charge on any atom is 0.335 e. The Morgan fingerprint density at radius 3 is 2.69 bits per heavy atom. The topological polar surface area (TPSA) is 46.5 Å². The maximum absolute atomic E-state index is 10.8. The summed E-state index contributed by atoms with van der Waals surface area (Å²) < 4.78 is 6.60. The fourth-order valence-electron chi connectivity index (χ4n) is 1.91. The SMILES string of the molecule is O=C(O)c1ccc(Br)c(OC2CCCC2)c1. The number of ether oxygens (including phenoxy) is 1. The fourth-order valence-corrected chi connectivity index (χ4v) is 2.25. The molecular weight excluding hydrogens is 272 g/mol. The average molecular weight is 285 g/mol. The normalized spacial score (nSPS) is 16.3.